The van der Waals surface area contributed by atoms with Crippen molar-refractivity contribution in [3.8, 4) is 11.4 Å². The summed E-state index contributed by atoms with van der Waals surface area (Å²) in [6, 6.07) is 4.12. The van der Waals surface area contributed by atoms with Crippen LogP contribution in [0.1, 0.15) is 5.56 Å². The Hall–Kier alpha value is -1.35. The normalized spacial score (nSPS) is 10.9. The Morgan fingerprint density at radius 3 is 3.15 bits per heavy atom. The smallest absolute Gasteiger partial charge is 0.139 e. The molecule has 0 fully saturated rings. The first kappa shape index (κ1) is 8.26. The van der Waals surface area contributed by atoms with E-state index in [0.717, 1.165) is 12.2 Å². The third-order valence-electron chi connectivity index (χ3n) is 2.25. The zero-order chi connectivity index (χ0) is 9.26. The van der Waals surface area contributed by atoms with Gasteiger partial charge in [0, 0.05) is 25.0 Å². The van der Waals surface area contributed by atoms with Gasteiger partial charge in [-0.25, -0.2) is 4.98 Å². The lowest BCUT2D eigenvalue weighted by Gasteiger charge is -2.05. The molecule has 0 aromatic rings. The second-order valence-corrected chi connectivity index (χ2v) is 3.18. The monoisotopic (exact) mass is 175 g/mol. The maximum absolute atomic E-state index is 5.51. The Morgan fingerprint density at radius 2 is 2.38 bits per heavy atom. The average Bonchev–Trinajstić information content (AvgIpc) is 2.51. The van der Waals surface area contributed by atoms with Gasteiger partial charge in [-0.2, -0.15) is 0 Å². The Labute approximate surface area is 77.5 Å². The van der Waals surface area contributed by atoms with Crippen LogP contribution < -0.4 is 5.73 Å². The number of aromatic nitrogens is 2. The van der Waals surface area contributed by atoms with Gasteiger partial charge in [-0.05, 0) is 30.7 Å². The standard InChI is InChI=1S/C10H13N3/c1-13-6-2-3-9-8(4-5-11)7-12-10(9)13/h2-3,6-7H,4-5,11H2,1H3. The largest absolute Gasteiger partial charge is 0.336 e. The summed E-state index contributed by atoms with van der Waals surface area (Å²) in [4.78, 5) is 4.34. The third-order valence-corrected chi connectivity index (χ3v) is 2.25. The van der Waals surface area contributed by atoms with Crippen LogP contribution in [0.4, 0.5) is 0 Å². The maximum Gasteiger partial charge on any atom is 0.139 e. The predicted octanol–water partition coefficient (Wildman–Crippen LogP) is 1.03. The first-order chi connectivity index (χ1) is 6.33. The molecule has 2 heterocycles. The van der Waals surface area contributed by atoms with Crippen LogP contribution in [-0.2, 0) is 13.5 Å². The number of rotatable bonds is 2. The molecule has 2 rings (SSSR count). The van der Waals surface area contributed by atoms with E-state index in [-0.39, 0.29) is 0 Å². The van der Waals surface area contributed by atoms with Crippen LogP contribution in [-0.4, -0.2) is 16.1 Å². The van der Waals surface area contributed by atoms with Gasteiger partial charge in [-0.15, -0.1) is 0 Å². The summed E-state index contributed by atoms with van der Waals surface area (Å²) < 4.78 is 2.02. The number of aryl methyl sites for hydroxylation is 1. The zero-order valence-electron chi connectivity index (χ0n) is 7.70. The van der Waals surface area contributed by atoms with Crippen molar-refractivity contribution in [1.29, 1.82) is 0 Å². The summed E-state index contributed by atoms with van der Waals surface area (Å²) in [6.07, 6.45) is 4.82. The molecule has 0 saturated carbocycles. The highest BCUT2D eigenvalue weighted by atomic mass is 15.0. The molecule has 0 aromatic heterocycles. The molecule has 0 spiro atoms. The Balaban J connectivity index is 2.51. The van der Waals surface area contributed by atoms with Crippen molar-refractivity contribution in [3.05, 3.63) is 30.1 Å². The Bertz CT molecular complexity index is 378. The van der Waals surface area contributed by atoms with E-state index in [0.29, 0.717) is 6.54 Å². The highest BCUT2D eigenvalue weighted by Crippen LogP contribution is 2.23. The number of nitrogens with zero attached hydrogens (tertiary/aromatic N) is 2. The fourth-order valence-corrected chi connectivity index (χ4v) is 1.58. The number of hydrogen-bond acceptors (Lipinski definition) is 2. The molecule has 3 heteroatoms. The van der Waals surface area contributed by atoms with Crippen LogP contribution in [0.25, 0.3) is 11.4 Å². The van der Waals surface area contributed by atoms with Gasteiger partial charge in [-0.1, -0.05) is 0 Å². The lowest BCUT2D eigenvalue weighted by molar-refractivity contribution is 0.889. The lowest BCUT2D eigenvalue weighted by Crippen LogP contribution is -2.03. The van der Waals surface area contributed by atoms with Crippen molar-refractivity contribution in [3.63, 3.8) is 0 Å². The second-order valence-electron chi connectivity index (χ2n) is 3.18. The molecule has 0 unspecified atom stereocenters. The average molecular weight is 175 g/mol. The molecule has 68 valence electrons. The fourth-order valence-electron chi connectivity index (χ4n) is 1.58. The van der Waals surface area contributed by atoms with Gasteiger partial charge in [0.15, 0.2) is 0 Å². The lowest BCUT2D eigenvalue weighted by atomic mass is 10.1. The minimum atomic E-state index is 0.680. The molecule has 0 atom stereocenters. The van der Waals surface area contributed by atoms with E-state index in [1.54, 1.807) is 0 Å². The van der Waals surface area contributed by atoms with Gasteiger partial charge in [0.05, 0.1) is 0 Å². The van der Waals surface area contributed by atoms with Crippen molar-refractivity contribution in [1.82, 2.24) is 9.55 Å². The SMILES string of the molecule is Cn1cccc2c(CCN)cnc1-2. The van der Waals surface area contributed by atoms with E-state index in [1.165, 1.54) is 11.1 Å². The van der Waals surface area contributed by atoms with Crippen LogP contribution in [0.15, 0.2) is 24.5 Å². The summed E-state index contributed by atoms with van der Waals surface area (Å²) in [5, 5.41) is 0. The van der Waals surface area contributed by atoms with E-state index in [2.05, 4.69) is 11.1 Å². The topological polar surface area (TPSA) is 43.8 Å². The number of hydrogen-bond donors (Lipinski definition) is 1. The summed E-state index contributed by atoms with van der Waals surface area (Å²) in [5.74, 6) is 1.03. The fraction of sp³-hybridized carbons (Fsp3) is 0.300. The maximum atomic E-state index is 5.51. The van der Waals surface area contributed by atoms with Crippen LogP contribution in [0.3, 0.4) is 0 Å². The summed E-state index contributed by atoms with van der Waals surface area (Å²) in [6.45, 7) is 0.680. The quantitative estimate of drug-likeness (QED) is 0.740. The van der Waals surface area contributed by atoms with Gasteiger partial charge in [0.2, 0.25) is 0 Å². The number of fused-ring (bicyclic) bond motifs is 1. The summed E-state index contributed by atoms with van der Waals surface area (Å²) in [7, 11) is 2.00. The van der Waals surface area contributed by atoms with E-state index in [4.69, 9.17) is 5.73 Å². The van der Waals surface area contributed by atoms with Crippen molar-refractivity contribution >= 4 is 0 Å². The molecule has 3 nitrogen and oxygen atoms in total. The van der Waals surface area contributed by atoms with E-state index in [1.807, 2.05) is 30.1 Å². The van der Waals surface area contributed by atoms with E-state index < -0.39 is 0 Å². The first-order valence-corrected chi connectivity index (χ1v) is 4.42. The summed E-state index contributed by atoms with van der Waals surface area (Å²) >= 11 is 0. The second kappa shape index (κ2) is 3.18. The molecule has 2 aliphatic rings. The summed E-state index contributed by atoms with van der Waals surface area (Å²) in [5.41, 5.74) is 7.98. The molecule has 0 aliphatic carbocycles. The molecule has 0 bridgehead atoms. The third kappa shape index (κ3) is 1.31. The molecular weight excluding hydrogens is 162 g/mol. The van der Waals surface area contributed by atoms with Crippen LogP contribution in [0, 0.1) is 0 Å². The van der Waals surface area contributed by atoms with Crippen molar-refractivity contribution < 1.29 is 0 Å². The van der Waals surface area contributed by atoms with Crippen molar-refractivity contribution in [2.24, 2.45) is 12.8 Å². The first-order valence-electron chi connectivity index (χ1n) is 4.42. The molecule has 13 heavy (non-hydrogen) atoms. The minimum Gasteiger partial charge on any atom is -0.336 e. The molecular formula is C10H13N3. The van der Waals surface area contributed by atoms with Gasteiger partial charge in [-0.3, -0.25) is 0 Å². The highest BCUT2D eigenvalue weighted by Gasteiger charge is 2.10. The van der Waals surface area contributed by atoms with Crippen molar-refractivity contribution in [2.75, 3.05) is 6.54 Å². The molecule has 0 radical (unpaired) electrons. The van der Waals surface area contributed by atoms with Gasteiger partial charge in [0.25, 0.3) is 0 Å². The van der Waals surface area contributed by atoms with Gasteiger partial charge < -0.3 is 10.3 Å². The Kier molecular flexibility index (Phi) is 2.02. The number of nitrogens with two attached hydrogens (primary N) is 1. The molecule has 0 saturated heterocycles. The predicted molar refractivity (Wildman–Crippen MR) is 52.6 cm³/mol. The van der Waals surface area contributed by atoms with Crippen LogP contribution in [0.5, 0.6) is 0 Å². The zero-order valence-corrected chi connectivity index (χ0v) is 7.70. The van der Waals surface area contributed by atoms with Crippen LogP contribution >= 0.6 is 0 Å². The van der Waals surface area contributed by atoms with Crippen LogP contribution in [0.2, 0.25) is 0 Å². The van der Waals surface area contributed by atoms with E-state index in [9.17, 15) is 0 Å². The molecule has 2 aliphatic heterocycles. The molecule has 0 aromatic carbocycles. The molecule has 2 N–H and O–H groups in total. The minimum absolute atomic E-state index is 0.680. The van der Waals surface area contributed by atoms with Gasteiger partial charge in [0.1, 0.15) is 5.82 Å². The van der Waals surface area contributed by atoms with Crippen molar-refractivity contribution in [2.45, 2.75) is 6.42 Å². The van der Waals surface area contributed by atoms with E-state index >= 15 is 0 Å². The molecule has 0 amide bonds. The Morgan fingerprint density at radius 1 is 1.54 bits per heavy atom. The highest BCUT2D eigenvalue weighted by molar-refractivity contribution is 5.62. The number of pyridine rings is 1. The van der Waals surface area contributed by atoms with Gasteiger partial charge >= 0.3 is 0 Å².